The van der Waals surface area contributed by atoms with E-state index >= 15 is 0 Å². The summed E-state index contributed by atoms with van der Waals surface area (Å²) < 4.78 is 0. The molecule has 0 bridgehead atoms. The zero-order valence-electron chi connectivity index (χ0n) is 22.0. The molecule has 0 aromatic carbocycles. The molecule has 0 amide bonds. The summed E-state index contributed by atoms with van der Waals surface area (Å²) in [5.41, 5.74) is 4.99. The molecule has 0 heterocycles. The first-order chi connectivity index (χ1) is 12.4. The van der Waals surface area contributed by atoms with Gasteiger partial charge in [0.2, 0.25) is 0 Å². The molecule has 0 atom stereocenters. The molecule has 0 aromatic rings. The van der Waals surface area contributed by atoms with E-state index in [1.807, 2.05) is 0 Å². The summed E-state index contributed by atoms with van der Waals surface area (Å²) in [5, 5.41) is 0. The van der Waals surface area contributed by atoms with Crippen LogP contribution in [0.1, 0.15) is 0 Å². The van der Waals surface area contributed by atoms with Gasteiger partial charge in [0.25, 0.3) is 0 Å². The van der Waals surface area contributed by atoms with Crippen molar-refractivity contribution >= 4 is 47.8 Å². The Kier molecular flexibility index (Phi) is 34.6. The molecule has 29 heavy (non-hydrogen) atoms. The van der Waals surface area contributed by atoms with Gasteiger partial charge in [0, 0.05) is 0 Å². The van der Waals surface area contributed by atoms with Crippen LogP contribution in [0.2, 0.25) is 39.3 Å². The third kappa shape index (κ3) is 72.7. The Morgan fingerprint density at radius 1 is 0.483 bits per heavy atom. The number of hydrogen-bond donors (Lipinski definition) is 0. The summed E-state index contributed by atoms with van der Waals surface area (Å²) >= 11 is 0. The summed E-state index contributed by atoms with van der Waals surface area (Å²) in [7, 11) is -0.896. The summed E-state index contributed by atoms with van der Waals surface area (Å²) in [6.07, 6.45) is 19.3. The minimum Gasteiger partial charge on any atom is -0.701 e. The van der Waals surface area contributed by atoms with Crippen LogP contribution in [0.5, 0.6) is 0 Å². The Labute approximate surface area is 205 Å². The average Bonchev–Trinajstić information content (AvgIpc) is 2.51. The fourth-order valence-corrected chi connectivity index (χ4v) is 7.20. The van der Waals surface area contributed by atoms with Crippen molar-refractivity contribution in [1.29, 1.82) is 0 Å². The normalized spacial score (nSPS) is 10.5. The molecule has 0 nitrogen and oxygen atoms in total. The van der Waals surface area contributed by atoms with Crippen LogP contribution >= 0.6 is 31.7 Å². The molecule has 0 spiro atoms. The number of rotatable bonds is 6. The Bertz CT molecular complexity index is 356. The maximum absolute atomic E-state index is 6.67. The van der Waals surface area contributed by atoms with Crippen LogP contribution < -0.4 is 0 Å². The molecule has 0 unspecified atom stereocenters. The standard InChI is InChI=1S/2C6H16P2.2C5H9Si.Mn/c2*1-7(2)5-6-8(3)4;2*1-5-6(2,3)4;/h2*5-6H2,1-4H3;2*2-4H3;/q;;2*-1;+2. The molecule has 7 heteroatoms. The predicted molar refractivity (Wildman–Crippen MR) is 155 cm³/mol. The first-order valence-electron chi connectivity index (χ1n) is 9.84. The van der Waals surface area contributed by atoms with E-state index in [9.17, 15) is 0 Å². The summed E-state index contributed by atoms with van der Waals surface area (Å²) in [6, 6.07) is 0. The van der Waals surface area contributed by atoms with E-state index < -0.39 is 16.1 Å². The maximum Gasteiger partial charge on any atom is 2.00 e. The minimum absolute atomic E-state index is 0. The van der Waals surface area contributed by atoms with Crippen molar-refractivity contribution in [2.75, 3.05) is 78.0 Å². The fraction of sp³-hybridized carbons (Fsp3) is 0.818. The molecule has 1 radical (unpaired) electrons. The monoisotopic (exact) mass is 549 g/mol. The molecule has 0 saturated heterocycles. The van der Waals surface area contributed by atoms with Crippen LogP contribution in [0.3, 0.4) is 0 Å². The van der Waals surface area contributed by atoms with E-state index in [0.29, 0.717) is 31.7 Å². The van der Waals surface area contributed by atoms with Gasteiger partial charge in [-0.2, -0.15) is 0 Å². The quantitative estimate of drug-likeness (QED) is 0.137. The molecular weight excluding hydrogens is 499 g/mol. The van der Waals surface area contributed by atoms with E-state index in [1.54, 1.807) is 0 Å². The topological polar surface area (TPSA) is 0 Å². The first kappa shape index (κ1) is 41.1. The van der Waals surface area contributed by atoms with Crippen molar-refractivity contribution in [3.8, 4) is 11.1 Å². The van der Waals surface area contributed by atoms with E-state index in [0.717, 1.165) is 0 Å². The molecule has 0 aliphatic carbocycles. The van der Waals surface area contributed by atoms with Crippen molar-refractivity contribution < 1.29 is 17.1 Å². The first-order valence-corrected chi connectivity index (χ1v) is 26.5. The van der Waals surface area contributed by atoms with Gasteiger partial charge in [0.05, 0.1) is 16.1 Å². The molecule has 0 rings (SSSR count). The van der Waals surface area contributed by atoms with Crippen molar-refractivity contribution in [1.82, 2.24) is 0 Å². The maximum atomic E-state index is 6.67. The smallest absolute Gasteiger partial charge is 0.701 e. The third-order valence-electron chi connectivity index (χ3n) is 2.74. The average molecular weight is 550 g/mol. The van der Waals surface area contributed by atoms with Gasteiger partial charge in [0.1, 0.15) is 0 Å². The van der Waals surface area contributed by atoms with Crippen molar-refractivity contribution in [2.45, 2.75) is 39.3 Å². The van der Waals surface area contributed by atoms with Crippen LogP contribution in [-0.4, -0.2) is 94.1 Å². The van der Waals surface area contributed by atoms with Crippen LogP contribution in [-0.2, 0) is 17.1 Å². The summed E-state index contributed by atoms with van der Waals surface area (Å²) in [6.45, 7) is 31.3. The molecule has 0 aliphatic heterocycles. The van der Waals surface area contributed by atoms with Gasteiger partial charge in [-0.15, -0.1) is 31.7 Å². The van der Waals surface area contributed by atoms with E-state index in [4.69, 9.17) is 12.8 Å². The van der Waals surface area contributed by atoms with Crippen LogP contribution in [0.15, 0.2) is 0 Å². The Morgan fingerprint density at radius 2 is 0.586 bits per heavy atom. The SMILES string of the molecule is CP(C)CCP(C)C.CP(C)CCP(C)C.[C-]#C[Si](C)(C)C.[C-]#C[Si](C)(C)C.[Mn+2]. The largest absolute Gasteiger partial charge is 2.00 e. The molecule has 0 aliphatic rings. The molecule has 173 valence electrons. The molecule has 0 fully saturated rings. The van der Waals surface area contributed by atoms with Crippen molar-refractivity contribution in [3.05, 3.63) is 12.8 Å². The Hall–Kier alpha value is 1.79. The second kappa shape index (κ2) is 24.4. The Balaban J connectivity index is -0.0000000881. The third-order valence-corrected chi connectivity index (χ3v) is 9.42. The van der Waals surface area contributed by atoms with Gasteiger partial charge >= 0.3 is 17.1 Å². The van der Waals surface area contributed by atoms with Crippen LogP contribution in [0, 0.1) is 23.9 Å². The second-order valence-corrected chi connectivity index (χ2v) is 29.9. The predicted octanol–water partition coefficient (Wildman–Crippen LogP) is 7.84. The summed E-state index contributed by atoms with van der Waals surface area (Å²) in [4.78, 5) is 0. The van der Waals surface area contributed by atoms with Crippen molar-refractivity contribution in [3.63, 3.8) is 0 Å². The van der Waals surface area contributed by atoms with Crippen molar-refractivity contribution in [2.24, 2.45) is 0 Å². The summed E-state index contributed by atoms with van der Waals surface area (Å²) in [5.74, 6) is 0. The van der Waals surface area contributed by atoms with Crippen LogP contribution in [0.25, 0.3) is 0 Å². The van der Waals surface area contributed by atoms with E-state index in [-0.39, 0.29) is 17.1 Å². The molecule has 0 aromatic heterocycles. The molecule has 0 saturated carbocycles. The van der Waals surface area contributed by atoms with Gasteiger partial charge in [-0.1, -0.05) is 39.3 Å². The minimum atomic E-state index is -1.21. The second-order valence-electron chi connectivity index (χ2n) is 9.96. The van der Waals surface area contributed by atoms with E-state index in [2.05, 4.69) is 104 Å². The van der Waals surface area contributed by atoms with Gasteiger partial charge in [-0.3, -0.25) is 0 Å². The Morgan fingerprint density at radius 3 is 0.621 bits per heavy atom. The van der Waals surface area contributed by atoms with Crippen LogP contribution in [0.4, 0.5) is 0 Å². The van der Waals surface area contributed by atoms with Gasteiger partial charge in [-0.25, -0.2) is 0 Å². The zero-order chi connectivity index (χ0) is 23.6. The molecule has 0 N–H and O–H groups in total. The van der Waals surface area contributed by atoms with Gasteiger partial charge in [-0.05, 0) is 78.0 Å². The zero-order valence-corrected chi connectivity index (χ0v) is 28.8. The molecular formula is C22H50MnP4Si2. The fourth-order valence-electron chi connectivity index (χ4n) is 0.800. The van der Waals surface area contributed by atoms with Gasteiger partial charge < -0.3 is 23.9 Å². The van der Waals surface area contributed by atoms with Gasteiger partial charge in [0.15, 0.2) is 0 Å². The van der Waals surface area contributed by atoms with E-state index in [1.165, 1.54) is 24.6 Å². The number of hydrogen-bond acceptors (Lipinski definition) is 0.